The summed E-state index contributed by atoms with van der Waals surface area (Å²) in [6, 6.07) is 0. The summed E-state index contributed by atoms with van der Waals surface area (Å²) < 4.78 is 2.00. The topological polar surface area (TPSA) is 0 Å². The fraction of sp³-hybridized carbons (Fsp3) is 0. The summed E-state index contributed by atoms with van der Waals surface area (Å²) in [5.74, 6) is 0. The quantitative estimate of drug-likeness (QED) is 0.285. The molecule has 0 nitrogen and oxygen atoms in total. The van der Waals surface area contributed by atoms with Crippen LogP contribution >= 0.6 is 0 Å². The molecule has 0 saturated heterocycles. The molecule has 0 spiro atoms. The van der Waals surface area contributed by atoms with Crippen LogP contribution in [0.1, 0.15) is 0 Å². The molecule has 0 amide bonds. The van der Waals surface area contributed by atoms with Gasteiger partial charge in [0.2, 0.25) is 0 Å². The second-order valence-electron chi connectivity index (χ2n) is 0.713. The van der Waals surface area contributed by atoms with Crippen molar-refractivity contribution in [1.29, 1.82) is 0 Å². The van der Waals surface area contributed by atoms with Gasteiger partial charge in [0.05, 0.1) is 0 Å². The van der Waals surface area contributed by atoms with E-state index < -0.39 is 0 Å². The number of hydrogen-bond acceptors (Lipinski definition) is 0. The van der Waals surface area contributed by atoms with Gasteiger partial charge in [0.1, 0.15) is 0 Å². The first-order chi connectivity index (χ1) is 2.91. The molecular weight excluding hydrogens is 1350 g/mol. The third-order valence-electron chi connectivity index (χ3n) is 0.301. The third kappa shape index (κ3) is 47.8. The number of allylic oxidation sites excluding steroid dienone is 3. The van der Waals surface area contributed by atoms with Gasteiger partial charge in [-0.3, -0.25) is 0 Å². The Balaban J connectivity index is -0.00000000833. The normalized spacial score (nSPS) is 4.33. The molecule has 68 valence electrons. The zero-order valence-corrected chi connectivity index (χ0v) is 26.3. The summed E-state index contributed by atoms with van der Waals surface area (Å²) in [5.41, 5.74) is 0. The predicted molar refractivity (Wildman–Crippen MR) is 24.1 cm³/mol. The molecule has 0 N–H and O–H groups in total. The maximum absolute atomic E-state index is 4.99. The van der Waals surface area contributed by atoms with Crippen LogP contribution in [0, 0.1) is 6.58 Å². The van der Waals surface area contributed by atoms with Gasteiger partial charge in [-0.05, 0) is 0 Å². The first kappa shape index (κ1) is 44.3. The molecule has 0 radical (unpaired) electrons. The van der Waals surface area contributed by atoms with Crippen molar-refractivity contribution in [1.82, 2.24) is 0 Å². The van der Waals surface area contributed by atoms with E-state index in [1.54, 1.807) is 6.08 Å². The Morgan fingerprint density at radius 1 is 0.750 bits per heavy atom. The van der Waals surface area contributed by atoms with Crippen molar-refractivity contribution in [3.8, 4) is 0 Å². The van der Waals surface area contributed by atoms with Gasteiger partial charge in [0.15, 0.2) is 0 Å². The Morgan fingerprint density at radius 3 is 1.17 bits per heavy atom. The Hall–Kier alpha value is 4.17. The Kier molecular flexibility index (Phi) is 168. The smallest absolute Gasteiger partial charge is 0 e. The van der Waals surface area contributed by atoms with Gasteiger partial charge in [0.25, 0.3) is 0 Å². The van der Waals surface area contributed by atoms with E-state index in [4.69, 9.17) is 6.58 Å². The van der Waals surface area contributed by atoms with Gasteiger partial charge < -0.3 is 0 Å². The molecule has 0 bridgehead atoms. The fourth-order valence-corrected chi connectivity index (χ4v) is 0.435. The summed E-state index contributed by atoms with van der Waals surface area (Å²) in [4.78, 5) is 0. The fourth-order valence-electron chi connectivity index (χ4n) is 0.110. The van der Waals surface area contributed by atoms with Crippen LogP contribution in [-0.4, -0.2) is 4.40 Å². The number of hydrogen-bond donors (Lipinski definition) is 0. The van der Waals surface area contributed by atoms with Gasteiger partial charge >= 0.3 is 48.6 Å². The molecule has 0 rings (SSSR count). The first-order valence-corrected chi connectivity index (χ1v) is 3.26. The molecule has 0 aromatic rings. The molecule has 0 heterocycles. The third-order valence-corrected chi connectivity index (χ3v) is 0.865. The first-order valence-electron chi connectivity index (χ1n) is 1.57. The summed E-state index contributed by atoms with van der Waals surface area (Å²) in [6.07, 6.45) is 5.22. The van der Waals surface area contributed by atoms with Crippen LogP contribution < -0.4 is 0 Å². The van der Waals surface area contributed by atoms with Gasteiger partial charge in [0, 0.05) is 126 Å². The maximum atomic E-state index is 4.99. The van der Waals surface area contributed by atoms with Gasteiger partial charge in [-0.2, -0.15) is 0 Å². The SMILES string of the molecule is [CH-]=C/C=C\[CH]=[W].[W].[W].[W].[W].[W].[W]. The van der Waals surface area contributed by atoms with E-state index in [9.17, 15) is 0 Å². The summed E-state index contributed by atoms with van der Waals surface area (Å²) in [6.45, 7) is 4.99. The van der Waals surface area contributed by atoms with Crippen molar-refractivity contribution in [2.75, 3.05) is 0 Å². The molecule has 0 aromatic carbocycles. The summed E-state index contributed by atoms with van der Waals surface area (Å²) >= 11 is 1.45. The Morgan fingerprint density at radius 2 is 1.08 bits per heavy atom. The Bertz CT molecular complexity index is 69.9. The van der Waals surface area contributed by atoms with Gasteiger partial charge in [-0.1, -0.05) is 0 Å². The van der Waals surface area contributed by atoms with E-state index in [-0.39, 0.29) is 126 Å². The van der Waals surface area contributed by atoms with Crippen LogP contribution in [-0.2, 0) is 146 Å². The monoisotopic (exact) mass is 1350 g/mol. The summed E-state index contributed by atoms with van der Waals surface area (Å²) in [7, 11) is 0. The van der Waals surface area contributed by atoms with Crippen LogP contribution in [0.4, 0.5) is 0 Å². The maximum Gasteiger partial charge on any atom is 0 e. The molecule has 0 aliphatic carbocycles. The van der Waals surface area contributed by atoms with Crippen molar-refractivity contribution in [2.24, 2.45) is 0 Å². The predicted octanol–water partition coefficient (Wildman–Crippen LogP) is 0.866. The molecule has 0 unspecified atom stereocenters. The van der Waals surface area contributed by atoms with E-state index in [1.165, 1.54) is 25.4 Å². The molecule has 0 aliphatic heterocycles. The zero-order valence-electron chi connectivity index (χ0n) is 5.74. The molecule has 7 heteroatoms. The Labute approximate surface area is 171 Å². The van der Waals surface area contributed by atoms with E-state index in [0.29, 0.717) is 0 Å². The molecule has 0 aromatic heterocycles. The van der Waals surface area contributed by atoms with Gasteiger partial charge in [-0.25, -0.2) is 0 Å². The minimum Gasteiger partial charge on any atom is 0 e. The molecular formula is C5H5W7-. The standard InChI is InChI=1S/C5H5.7W/c1-3-5-4-2;;;;;;;/h1-5H;;;;;;;/q-1;;;;;;;/b5-3-;;;;;;;. The van der Waals surface area contributed by atoms with Crippen LogP contribution in [0.15, 0.2) is 18.2 Å². The van der Waals surface area contributed by atoms with Gasteiger partial charge in [-0.15, -0.1) is 0 Å². The largest absolute Gasteiger partial charge is 0 e. The van der Waals surface area contributed by atoms with E-state index in [1.807, 2.05) is 10.5 Å². The van der Waals surface area contributed by atoms with Crippen LogP contribution in [0.25, 0.3) is 0 Å². The van der Waals surface area contributed by atoms with Crippen LogP contribution in [0.2, 0.25) is 0 Å². The van der Waals surface area contributed by atoms with E-state index >= 15 is 0 Å². The molecule has 0 aliphatic rings. The van der Waals surface area contributed by atoms with Crippen molar-refractivity contribution in [3.63, 3.8) is 0 Å². The molecule has 12 heavy (non-hydrogen) atoms. The van der Waals surface area contributed by atoms with Crippen LogP contribution in [0.3, 0.4) is 0 Å². The molecule has 0 saturated carbocycles. The average molecular weight is 1350 g/mol. The second kappa shape index (κ2) is 45.6. The minimum atomic E-state index is 0. The molecule has 0 atom stereocenters. The van der Waals surface area contributed by atoms with E-state index in [2.05, 4.69) is 0 Å². The van der Waals surface area contributed by atoms with Crippen molar-refractivity contribution < 1.29 is 146 Å². The average Bonchev–Trinajstić information content (AvgIpc) is 1.61. The van der Waals surface area contributed by atoms with Crippen molar-refractivity contribution in [2.45, 2.75) is 0 Å². The molecule has 0 fully saturated rings. The van der Waals surface area contributed by atoms with Crippen molar-refractivity contribution in [3.05, 3.63) is 24.8 Å². The minimum absolute atomic E-state index is 0. The zero-order chi connectivity index (χ0) is 4.83. The van der Waals surface area contributed by atoms with Crippen LogP contribution in [0.5, 0.6) is 0 Å². The summed E-state index contributed by atoms with van der Waals surface area (Å²) in [5, 5.41) is 0. The van der Waals surface area contributed by atoms with Crippen molar-refractivity contribution >= 4 is 4.40 Å². The second-order valence-corrected chi connectivity index (χ2v) is 1.69. The van der Waals surface area contributed by atoms with E-state index in [0.717, 1.165) is 0 Å². The number of rotatable bonds is 2.